The van der Waals surface area contributed by atoms with Gasteiger partial charge < -0.3 is 5.32 Å². The number of amides is 1. The summed E-state index contributed by atoms with van der Waals surface area (Å²) in [6.45, 7) is 2.30. The molecule has 0 bridgehead atoms. The van der Waals surface area contributed by atoms with E-state index in [4.69, 9.17) is 5.10 Å². The second kappa shape index (κ2) is 6.87. The molecule has 0 atom stereocenters. The van der Waals surface area contributed by atoms with Crippen LogP contribution in [-0.2, 0) is 11.3 Å². The van der Waals surface area contributed by atoms with Crippen molar-refractivity contribution in [1.82, 2.24) is 20.1 Å². The van der Waals surface area contributed by atoms with Gasteiger partial charge in [-0.2, -0.15) is 5.10 Å². The van der Waals surface area contributed by atoms with Gasteiger partial charge in [0.05, 0.1) is 11.4 Å². The van der Waals surface area contributed by atoms with Gasteiger partial charge in [-0.05, 0) is 24.3 Å². The van der Waals surface area contributed by atoms with E-state index in [0.717, 1.165) is 22.5 Å². The number of carbonyl (C=O) groups excluding carboxylic acids is 1. The first kappa shape index (κ1) is 15.0. The summed E-state index contributed by atoms with van der Waals surface area (Å²) in [4.78, 5) is 15.6. The van der Waals surface area contributed by atoms with Crippen molar-refractivity contribution in [3.8, 4) is 16.9 Å². The number of nitrogens with zero attached hydrogens (tertiary/aromatic N) is 3. The predicted octanol–water partition coefficient (Wildman–Crippen LogP) is 2.96. The molecule has 0 unspecified atom stereocenters. The first-order valence-corrected chi connectivity index (χ1v) is 7.59. The standard InChI is InChI=1S/C18H18N4O/c1-2-17(23)20-12-15-13-22(16-6-4-3-5-7-16)21-18(15)14-8-10-19-11-9-14/h3-11,13H,2,12H2,1H3,(H,20,23). The van der Waals surface area contributed by atoms with Crippen molar-refractivity contribution in [2.24, 2.45) is 0 Å². The van der Waals surface area contributed by atoms with Crippen LogP contribution in [-0.4, -0.2) is 20.7 Å². The van der Waals surface area contributed by atoms with E-state index in [9.17, 15) is 4.79 Å². The molecule has 2 aromatic heterocycles. The normalized spacial score (nSPS) is 10.5. The van der Waals surface area contributed by atoms with Crippen LogP contribution in [0.15, 0.2) is 61.1 Å². The molecule has 0 aliphatic heterocycles. The third kappa shape index (κ3) is 3.45. The zero-order valence-corrected chi connectivity index (χ0v) is 12.9. The monoisotopic (exact) mass is 306 g/mol. The number of rotatable bonds is 5. The number of aromatic nitrogens is 3. The molecule has 0 radical (unpaired) electrons. The zero-order chi connectivity index (χ0) is 16.1. The van der Waals surface area contributed by atoms with E-state index in [2.05, 4.69) is 10.3 Å². The SMILES string of the molecule is CCC(=O)NCc1cn(-c2ccccc2)nc1-c1ccncc1. The lowest BCUT2D eigenvalue weighted by Crippen LogP contribution is -2.21. The largest absolute Gasteiger partial charge is 0.352 e. The van der Waals surface area contributed by atoms with Crippen LogP contribution in [0.3, 0.4) is 0 Å². The molecule has 23 heavy (non-hydrogen) atoms. The second-order valence-electron chi connectivity index (χ2n) is 5.15. The Labute approximate surface area is 135 Å². The Balaban J connectivity index is 1.98. The van der Waals surface area contributed by atoms with Gasteiger partial charge in [0.2, 0.25) is 5.91 Å². The van der Waals surface area contributed by atoms with Gasteiger partial charge in [0.1, 0.15) is 0 Å². The van der Waals surface area contributed by atoms with Crippen LogP contribution in [0.4, 0.5) is 0 Å². The fourth-order valence-electron chi connectivity index (χ4n) is 2.32. The summed E-state index contributed by atoms with van der Waals surface area (Å²) in [6, 6.07) is 13.8. The van der Waals surface area contributed by atoms with Crippen LogP contribution in [0.5, 0.6) is 0 Å². The third-order valence-electron chi connectivity index (χ3n) is 3.56. The van der Waals surface area contributed by atoms with E-state index >= 15 is 0 Å². The van der Waals surface area contributed by atoms with E-state index in [-0.39, 0.29) is 5.91 Å². The van der Waals surface area contributed by atoms with Crippen molar-refractivity contribution in [3.05, 3.63) is 66.6 Å². The molecule has 3 rings (SSSR count). The van der Waals surface area contributed by atoms with E-state index in [1.165, 1.54) is 0 Å². The smallest absolute Gasteiger partial charge is 0.219 e. The molecule has 0 saturated heterocycles. The number of nitrogens with one attached hydrogen (secondary N) is 1. The molecule has 1 N–H and O–H groups in total. The topological polar surface area (TPSA) is 59.8 Å². The van der Waals surface area contributed by atoms with E-state index < -0.39 is 0 Å². The van der Waals surface area contributed by atoms with Crippen LogP contribution < -0.4 is 5.32 Å². The third-order valence-corrected chi connectivity index (χ3v) is 3.56. The van der Waals surface area contributed by atoms with Gasteiger partial charge in [-0.3, -0.25) is 9.78 Å². The van der Waals surface area contributed by atoms with E-state index in [1.54, 1.807) is 12.4 Å². The average molecular weight is 306 g/mol. The van der Waals surface area contributed by atoms with Gasteiger partial charge in [0.25, 0.3) is 0 Å². The summed E-state index contributed by atoms with van der Waals surface area (Å²) in [7, 11) is 0. The quantitative estimate of drug-likeness (QED) is 0.788. The number of carbonyl (C=O) groups is 1. The molecule has 5 nitrogen and oxygen atoms in total. The number of benzene rings is 1. The molecule has 3 aromatic rings. The highest BCUT2D eigenvalue weighted by Gasteiger charge is 2.12. The first-order valence-electron chi connectivity index (χ1n) is 7.59. The summed E-state index contributed by atoms with van der Waals surface area (Å²) < 4.78 is 1.84. The van der Waals surface area contributed by atoms with Gasteiger partial charge in [0, 0.05) is 42.7 Å². The molecular weight excluding hydrogens is 288 g/mol. The summed E-state index contributed by atoms with van der Waals surface area (Å²) in [6.07, 6.45) is 5.91. The lowest BCUT2D eigenvalue weighted by atomic mass is 10.1. The van der Waals surface area contributed by atoms with Gasteiger partial charge in [-0.1, -0.05) is 25.1 Å². The Morgan fingerprint density at radius 2 is 1.87 bits per heavy atom. The van der Waals surface area contributed by atoms with Crippen LogP contribution in [0.2, 0.25) is 0 Å². The Bertz CT molecular complexity index is 781. The van der Waals surface area contributed by atoms with Crippen molar-refractivity contribution in [1.29, 1.82) is 0 Å². The molecule has 0 aliphatic carbocycles. The van der Waals surface area contributed by atoms with Crippen molar-refractivity contribution in [2.45, 2.75) is 19.9 Å². The molecular formula is C18H18N4O. The molecule has 0 fully saturated rings. The van der Waals surface area contributed by atoms with Crippen LogP contribution in [0.25, 0.3) is 16.9 Å². The highest BCUT2D eigenvalue weighted by molar-refractivity contribution is 5.75. The van der Waals surface area contributed by atoms with Crippen LogP contribution in [0, 0.1) is 0 Å². The number of pyridine rings is 1. The van der Waals surface area contributed by atoms with Gasteiger partial charge >= 0.3 is 0 Å². The highest BCUT2D eigenvalue weighted by Crippen LogP contribution is 2.23. The first-order chi connectivity index (χ1) is 11.3. The highest BCUT2D eigenvalue weighted by atomic mass is 16.1. The summed E-state index contributed by atoms with van der Waals surface area (Å²) in [5.74, 6) is 0.0261. The van der Waals surface area contributed by atoms with Gasteiger partial charge in [-0.15, -0.1) is 0 Å². The minimum Gasteiger partial charge on any atom is -0.352 e. The number of hydrogen-bond acceptors (Lipinski definition) is 3. The Morgan fingerprint density at radius 3 is 2.57 bits per heavy atom. The summed E-state index contributed by atoms with van der Waals surface area (Å²) >= 11 is 0. The van der Waals surface area contributed by atoms with Crippen molar-refractivity contribution < 1.29 is 4.79 Å². The Hall–Kier alpha value is -2.95. The maximum atomic E-state index is 11.6. The molecule has 0 aliphatic rings. The second-order valence-corrected chi connectivity index (χ2v) is 5.15. The Morgan fingerprint density at radius 1 is 1.13 bits per heavy atom. The minimum absolute atomic E-state index is 0.0261. The molecule has 2 heterocycles. The molecule has 116 valence electrons. The fourth-order valence-corrected chi connectivity index (χ4v) is 2.32. The van der Waals surface area contributed by atoms with Crippen molar-refractivity contribution in [3.63, 3.8) is 0 Å². The molecule has 0 spiro atoms. The van der Waals surface area contributed by atoms with Gasteiger partial charge in [-0.25, -0.2) is 4.68 Å². The predicted molar refractivity (Wildman–Crippen MR) is 88.9 cm³/mol. The molecule has 1 aromatic carbocycles. The van der Waals surface area contributed by atoms with E-state index in [1.807, 2.05) is 60.3 Å². The summed E-state index contributed by atoms with van der Waals surface area (Å²) in [5.41, 5.74) is 3.79. The maximum absolute atomic E-state index is 11.6. The molecule has 5 heteroatoms. The molecule has 1 amide bonds. The van der Waals surface area contributed by atoms with Crippen LogP contribution in [0.1, 0.15) is 18.9 Å². The summed E-state index contributed by atoms with van der Waals surface area (Å²) in [5, 5.41) is 7.61. The van der Waals surface area contributed by atoms with Crippen molar-refractivity contribution >= 4 is 5.91 Å². The van der Waals surface area contributed by atoms with Crippen molar-refractivity contribution in [2.75, 3.05) is 0 Å². The lowest BCUT2D eigenvalue weighted by molar-refractivity contribution is -0.120. The average Bonchev–Trinajstić information content (AvgIpc) is 3.05. The number of para-hydroxylation sites is 1. The zero-order valence-electron chi connectivity index (χ0n) is 12.9. The maximum Gasteiger partial charge on any atom is 0.219 e. The Kier molecular flexibility index (Phi) is 4.47. The van der Waals surface area contributed by atoms with Crippen LogP contribution >= 0.6 is 0 Å². The number of hydrogen-bond donors (Lipinski definition) is 1. The lowest BCUT2D eigenvalue weighted by Gasteiger charge is -2.03. The fraction of sp³-hybridized carbons (Fsp3) is 0.167. The van der Waals surface area contributed by atoms with Gasteiger partial charge in [0.15, 0.2) is 0 Å². The minimum atomic E-state index is 0.0261. The van der Waals surface area contributed by atoms with E-state index in [0.29, 0.717) is 13.0 Å². The molecule has 0 saturated carbocycles.